The Morgan fingerprint density at radius 3 is 2.91 bits per heavy atom. The number of hydrogen-bond donors (Lipinski definition) is 0. The summed E-state index contributed by atoms with van der Waals surface area (Å²) in [4.78, 5) is 17.0. The highest BCUT2D eigenvalue weighted by Gasteiger charge is 2.35. The van der Waals surface area contributed by atoms with E-state index in [9.17, 15) is 4.79 Å². The number of ether oxygens (including phenoxy) is 1. The van der Waals surface area contributed by atoms with E-state index in [4.69, 9.17) is 4.74 Å². The van der Waals surface area contributed by atoms with Crippen LogP contribution >= 0.6 is 11.3 Å². The number of aryl methyl sites for hydroxylation is 3. The molecule has 0 radical (unpaired) electrons. The maximum absolute atomic E-state index is 12.9. The molecule has 23 heavy (non-hydrogen) atoms. The van der Waals surface area contributed by atoms with Gasteiger partial charge in [-0.1, -0.05) is 6.92 Å². The van der Waals surface area contributed by atoms with Gasteiger partial charge in [0.2, 0.25) is 5.88 Å². The molecule has 0 aliphatic carbocycles. The number of hydrogen-bond acceptors (Lipinski definition) is 4. The fourth-order valence-electron chi connectivity index (χ4n) is 3.41. The summed E-state index contributed by atoms with van der Waals surface area (Å²) in [6.45, 7) is 4.89. The first-order chi connectivity index (χ1) is 11.1. The molecular weight excluding hydrogens is 310 g/mol. The minimum Gasteiger partial charge on any atom is -0.481 e. The molecule has 124 valence electrons. The van der Waals surface area contributed by atoms with E-state index in [1.807, 2.05) is 24.9 Å². The van der Waals surface area contributed by atoms with Crippen LogP contribution in [0.1, 0.15) is 51.6 Å². The predicted molar refractivity (Wildman–Crippen MR) is 91.2 cm³/mol. The van der Waals surface area contributed by atoms with Crippen LogP contribution in [0.5, 0.6) is 5.88 Å². The lowest BCUT2D eigenvalue weighted by molar-refractivity contribution is 0.0738. The predicted octanol–water partition coefficient (Wildman–Crippen LogP) is 3.34. The topological polar surface area (TPSA) is 47.4 Å². The van der Waals surface area contributed by atoms with Crippen LogP contribution in [0.4, 0.5) is 0 Å². The number of rotatable bonds is 4. The maximum Gasteiger partial charge on any atom is 0.264 e. The highest BCUT2D eigenvalue weighted by Crippen LogP contribution is 2.39. The van der Waals surface area contributed by atoms with Crippen LogP contribution in [-0.4, -0.2) is 34.2 Å². The zero-order valence-electron chi connectivity index (χ0n) is 14.1. The highest BCUT2D eigenvalue weighted by molar-refractivity contribution is 7.14. The Bertz CT molecular complexity index is 719. The van der Waals surface area contributed by atoms with E-state index < -0.39 is 0 Å². The van der Waals surface area contributed by atoms with Crippen molar-refractivity contribution in [3.8, 4) is 5.88 Å². The Morgan fingerprint density at radius 1 is 1.48 bits per heavy atom. The smallest absolute Gasteiger partial charge is 0.264 e. The zero-order valence-corrected chi connectivity index (χ0v) is 14.9. The van der Waals surface area contributed by atoms with Gasteiger partial charge in [-0.15, -0.1) is 11.3 Å². The van der Waals surface area contributed by atoms with Crippen LogP contribution in [0.25, 0.3) is 0 Å². The molecule has 5 nitrogen and oxygen atoms in total. The molecule has 0 spiro atoms. The molecule has 2 aromatic heterocycles. The first kappa shape index (κ1) is 16.1. The van der Waals surface area contributed by atoms with Crippen LogP contribution in [0, 0.1) is 6.92 Å². The largest absolute Gasteiger partial charge is 0.481 e. The summed E-state index contributed by atoms with van der Waals surface area (Å²) in [7, 11) is 3.54. The molecule has 2 aromatic rings. The van der Waals surface area contributed by atoms with Gasteiger partial charge < -0.3 is 9.64 Å². The molecule has 3 heterocycles. The molecule has 6 heteroatoms. The van der Waals surface area contributed by atoms with Crippen molar-refractivity contribution in [1.82, 2.24) is 14.7 Å². The van der Waals surface area contributed by atoms with Gasteiger partial charge >= 0.3 is 0 Å². The summed E-state index contributed by atoms with van der Waals surface area (Å²) in [6.07, 6.45) is 2.94. The lowest BCUT2D eigenvalue weighted by Crippen LogP contribution is -2.30. The molecule has 0 saturated carbocycles. The van der Waals surface area contributed by atoms with Gasteiger partial charge in [-0.3, -0.25) is 4.79 Å². The molecule has 1 amide bonds. The van der Waals surface area contributed by atoms with E-state index in [0.29, 0.717) is 0 Å². The number of amides is 1. The van der Waals surface area contributed by atoms with E-state index in [0.717, 1.165) is 47.8 Å². The third-order valence-electron chi connectivity index (χ3n) is 4.48. The van der Waals surface area contributed by atoms with Crippen LogP contribution in [-0.2, 0) is 13.5 Å². The van der Waals surface area contributed by atoms with Crippen molar-refractivity contribution in [2.45, 2.75) is 39.2 Å². The number of likely N-dealkylation sites (tertiary alicyclic amines) is 1. The zero-order chi connectivity index (χ0) is 16.6. The Balaban J connectivity index is 1.93. The average molecular weight is 333 g/mol. The molecule has 1 saturated heterocycles. The van der Waals surface area contributed by atoms with Crippen LogP contribution < -0.4 is 4.74 Å². The molecule has 1 fully saturated rings. The summed E-state index contributed by atoms with van der Waals surface area (Å²) >= 11 is 1.60. The van der Waals surface area contributed by atoms with Gasteiger partial charge in [0.05, 0.1) is 29.3 Å². The Labute approximate surface area is 140 Å². The minimum atomic E-state index is 0.0540. The second kappa shape index (κ2) is 6.35. The summed E-state index contributed by atoms with van der Waals surface area (Å²) in [5, 5.41) is 4.47. The van der Waals surface area contributed by atoms with E-state index >= 15 is 0 Å². The molecule has 0 N–H and O–H groups in total. The third-order valence-corrected chi connectivity index (χ3v) is 5.69. The molecule has 1 aliphatic heterocycles. The number of carbonyl (C=O) groups excluding carboxylic acids is 1. The number of carbonyl (C=O) groups is 1. The van der Waals surface area contributed by atoms with Crippen LogP contribution in [0.3, 0.4) is 0 Å². The monoisotopic (exact) mass is 333 g/mol. The fourth-order valence-corrected chi connectivity index (χ4v) is 4.32. The van der Waals surface area contributed by atoms with E-state index in [1.165, 1.54) is 4.88 Å². The summed E-state index contributed by atoms with van der Waals surface area (Å²) in [6, 6.07) is 4.06. The summed E-state index contributed by atoms with van der Waals surface area (Å²) in [5.41, 5.74) is 1.99. The quantitative estimate of drug-likeness (QED) is 0.862. The van der Waals surface area contributed by atoms with Crippen molar-refractivity contribution in [1.29, 1.82) is 0 Å². The number of nitrogens with zero attached hydrogens (tertiary/aromatic N) is 3. The van der Waals surface area contributed by atoms with Crippen molar-refractivity contribution in [2.75, 3.05) is 13.7 Å². The maximum atomic E-state index is 12.9. The second-order valence-electron chi connectivity index (χ2n) is 5.91. The molecular formula is C17H23N3O2S. The number of aromatic nitrogens is 2. The van der Waals surface area contributed by atoms with E-state index in [1.54, 1.807) is 23.1 Å². The Hall–Kier alpha value is -1.82. The van der Waals surface area contributed by atoms with Crippen molar-refractivity contribution in [3.63, 3.8) is 0 Å². The lowest BCUT2D eigenvalue weighted by Gasteiger charge is -2.24. The van der Waals surface area contributed by atoms with Gasteiger partial charge in [0.1, 0.15) is 0 Å². The van der Waals surface area contributed by atoms with Gasteiger partial charge in [0.15, 0.2) is 0 Å². The van der Waals surface area contributed by atoms with Crippen molar-refractivity contribution >= 4 is 17.2 Å². The molecule has 3 rings (SSSR count). The lowest BCUT2D eigenvalue weighted by atomic mass is 10.0. The SMILES string of the molecule is CCc1ccc(C(=O)N2CCCC2c2c(C)nn(C)c2OC)s1. The first-order valence-electron chi connectivity index (χ1n) is 8.04. The Kier molecular flexibility index (Phi) is 4.43. The fraction of sp³-hybridized carbons (Fsp3) is 0.529. The number of methoxy groups -OCH3 is 1. The average Bonchev–Trinajstić information content (AvgIpc) is 3.24. The molecule has 1 atom stereocenters. The van der Waals surface area contributed by atoms with Gasteiger partial charge in [-0.25, -0.2) is 4.68 Å². The minimum absolute atomic E-state index is 0.0540. The van der Waals surface area contributed by atoms with Crippen LogP contribution in [0.15, 0.2) is 12.1 Å². The van der Waals surface area contributed by atoms with E-state index in [-0.39, 0.29) is 11.9 Å². The van der Waals surface area contributed by atoms with Gasteiger partial charge in [0, 0.05) is 18.5 Å². The van der Waals surface area contributed by atoms with Gasteiger partial charge in [-0.05, 0) is 38.3 Å². The second-order valence-corrected chi connectivity index (χ2v) is 7.08. The molecule has 1 unspecified atom stereocenters. The van der Waals surface area contributed by atoms with E-state index in [2.05, 4.69) is 18.1 Å². The van der Waals surface area contributed by atoms with Gasteiger partial charge in [0.25, 0.3) is 5.91 Å². The normalized spacial score (nSPS) is 17.7. The van der Waals surface area contributed by atoms with Crippen molar-refractivity contribution in [2.24, 2.45) is 7.05 Å². The highest BCUT2D eigenvalue weighted by atomic mass is 32.1. The molecule has 0 aromatic carbocycles. The van der Waals surface area contributed by atoms with Crippen molar-refractivity contribution < 1.29 is 9.53 Å². The number of thiophene rings is 1. The van der Waals surface area contributed by atoms with Gasteiger partial charge in [-0.2, -0.15) is 5.10 Å². The third kappa shape index (κ3) is 2.76. The first-order valence-corrected chi connectivity index (χ1v) is 8.85. The summed E-state index contributed by atoms with van der Waals surface area (Å²) in [5.74, 6) is 0.884. The summed E-state index contributed by atoms with van der Waals surface area (Å²) < 4.78 is 7.29. The standard InChI is InChI=1S/C17H23N3O2S/c1-5-12-8-9-14(23-12)16(21)20-10-6-7-13(20)15-11(2)18-19(3)17(15)22-4/h8-9,13H,5-7,10H2,1-4H3. The Morgan fingerprint density at radius 2 is 2.26 bits per heavy atom. The molecule has 0 bridgehead atoms. The van der Waals surface area contributed by atoms with Crippen LogP contribution in [0.2, 0.25) is 0 Å². The molecule has 1 aliphatic rings. The van der Waals surface area contributed by atoms with Crippen molar-refractivity contribution in [3.05, 3.63) is 33.1 Å².